The summed E-state index contributed by atoms with van der Waals surface area (Å²) in [7, 11) is 0. The number of likely N-dealkylation sites (tertiary alicyclic amines) is 1. The van der Waals surface area contributed by atoms with Crippen molar-refractivity contribution in [2.24, 2.45) is 5.92 Å². The molecule has 1 aromatic rings. The molecule has 0 bridgehead atoms. The van der Waals surface area contributed by atoms with Crippen molar-refractivity contribution in [1.82, 2.24) is 10.2 Å². The normalized spacial score (nSPS) is 20.8. The summed E-state index contributed by atoms with van der Waals surface area (Å²) >= 11 is 0. The maximum absolute atomic E-state index is 13.0. The molecule has 2 heterocycles. The van der Waals surface area contributed by atoms with Crippen molar-refractivity contribution in [3.63, 3.8) is 0 Å². The lowest BCUT2D eigenvalue weighted by atomic mass is 9.89. The highest BCUT2D eigenvalue weighted by Crippen LogP contribution is 2.36. The predicted octanol–water partition coefficient (Wildman–Crippen LogP) is 4.22. The maximum atomic E-state index is 13.0. The van der Waals surface area contributed by atoms with Crippen molar-refractivity contribution in [3.8, 4) is 0 Å². The first-order chi connectivity index (χ1) is 14.4. The van der Waals surface area contributed by atoms with Crippen LogP contribution in [-0.4, -0.2) is 42.3 Å². The first-order valence-corrected chi connectivity index (χ1v) is 10.3. The molecule has 3 rings (SSSR count). The van der Waals surface area contributed by atoms with Gasteiger partial charge in [-0.25, -0.2) is 0 Å². The van der Waals surface area contributed by atoms with Gasteiger partial charge in [0.15, 0.2) is 0 Å². The van der Waals surface area contributed by atoms with E-state index in [0.29, 0.717) is 38.1 Å². The predicted molar refractivity (Wildman–Crippen MR) is 100 cm³/mol. The Bertz CT molecular complexity index is 775. The number of benzene rings is 1. The molecule has 2 fully saturated rings. The fourth-order valence-corrected chi connectivity index (χ4v) is 4.22. The summed E-state index contributed by atoms with van der Waals surface area (Å²) in [6.07, 6.45) is -7.37. The molecule has 1 atom stereocenters. The third-order valence-corrected chi connectivity index (χ3v) is 5.85. The Morgan fingerprint density at radius 2 is 1.52 bits per heavy atom. The number of carbonyl (C=O) groups is 2. The molecule has 10 heteroatoms. The number of Topliss-reactive ketones (excluding diaryl/α,β-unsaturated/α-hetero) is 1. The number of ketones is 1. The van der Waals surface area contributed by atoms with E-state index in [-0.39, 0.29) is 35.9 Å². The number of rotatable bonds is 5. The van der Waals surface area contributed by atoms with Crippen molar-refractivity contribution in [2.45, 2.75) is 56.9 Å². The van der Waals surface area contributed by atoms with Crippen LogP contribution in [0.15, 0.2) is 18.2 Å². The second-order valence-electron chi connectivity index (χ2n) is 8.25. The lowest BCUT2D eigenvalue weighted by Gasteiger charge is -2.33. The van der Waals surface area contributed by atoms with Crippen molar-refractivity contribution in [3.05, 3.63) is 34.9 Å². The first-order valence-electron chi connectivity index (χ1n) is 10.3. The van der Waals surface area contributed by atoms with Gasteiger partial charge in [-0.15, -0.1) is 0 Å². The largest absolute Gasteiger partial charge is 0.416 e. The molecule has 0 aromatic heterocycles. The average molecular weight is 450 g/mol. The van der Waals surface area contributed by atoms with Gasteiger partial charge < -0.3 is 10.2 Å². The second-order valence-corrected chi connectivity index (χ2v) is 8.25. The third kappa shape index (κ3) is 6.21. The molecule has 0 radical (unpaired) electrons. The molecule has 2 aliphatic rings. The summed E-state index contributed by atoms with van der Waals surface area (Å²) in [4.78, 5) is 26.5. The standard InChI is InChI=1S/C21H24F6N2O2/c22-20(23,24)15-8-14(9-16(12-15)21(25,26)27)11-17(30)10-13-3-6-29(7-4-13)19(31)18-2-1-5-28-18/h8-9,12-13,18,28H,1-7,10-11H2/t18-/m1/s1. The SMILES string of the molecule is O=C(Cc1cc(C(F)(F)F)cc(C(F)(F)F)c1)CC1CCN(C(=O)[C@H]2CCCN2)CC1. The van der Waals surface area contributed by atoms with Gasteiger partial charge >= 0.3 is 12.4 Å². The van der Waals surface area contributed by atoms with E-state index in [1.807, 2.05) is 0 Å². The molecular formula is C21H24F6N2O2. The van der Waals surface area contributed by atoms with Crippen LogP contribution in [0.1, 0.15) is 48.8 Å². The van der Waals surface area contributed by atoms with Crippen LogP contribution in [0.2, 0.25) is 0 Å². The van der Waals surface area contributed by atoms with Crippen molar-refractivity contribution in [1.29, 1.82) is 0 Å². The Balaban J connectivity index is 1.58. The number of nitrogens with zero attached hydrogens (tertiary/aromatic N) is 1. The number of hydrogen-bond acceptors (Lipinski definition) is 3. The minimum atomic E-state index is -4.94. The van der Waals surface area contributed by atoms with Crippen LogP contribution in [0.4, 0.5) is 26.3 Å². The zero-order chi connectivity index (χ0) is 22.8. The van der Waals surface area contributed by atoms with Crippen molar-refractivity contribution < 1.29 is 35.9 Å². The molecule has 1 amide bonds. The highest BCUT2D eigenvalue weighted by Gasteiger charge is 2.37. The topological polar surface area (TPSA) is 49.4 Å². The second kappa shape index (κ2) is 9.18. The van der Waals surface area contributed by atoms with E-state index in [4.69, 9.17) is 0 Å². The molecule has 0 aliphatic carbocycles. The van der Waals surface area contributed by atoms with Crippen molar-refractivity contribution >= 4 is 11.7 Å². The number of carbonyl (C=O) groups excluding carboxylic acids is 2. The smallest absolute Gasteiger partial charge is 0.341 e. The zero-order valence-corrected chi connectivity index (χ0v) is 16.8. The molecule has 0 saturated carbocycles. The van der Waals surface area contributed by atoms with Crippen LogP contribution in [0.5, 0.6) is 0 Å². The van der Waals surface area contributed by atoms with Gasteiger partial charge in [-0.2, -0.15) is 26.3 Å². The molecule has 2 aliphatic heterocycles. The molecule has 2 saturated heterocycles. The fourth-order valence-electron chi connectivity index (χ4n) is 4.22. The van der Waals surface area contributed by atoms with Crippen molar-refractivity contribution in [2.75, 3.05) is 19.6 Å². The van der Waals surface area contributed by atoms with Gasteiger partial charge in [0.05, 0.1) is 17.2 Å². The molecule has 4 nitrogen and oxygen atoms in total. The van der Waals surface area contributed by atoms with Crippen LogP contribution in [0.25, 0.3) is 0 Å². The van der Waals surface area contributed by atoms with Crippen LogP contribution in [0.3, 0.4) is 0 Å². The lowest BCUT2D eigenvalue weighted by molar-refractivity contribution is -0.143. The zero-order valence-electron chi connectivity index (χ0n) is 16.8. The van der Waals surface area contributed by atoms with E-state index in [2.05, 4.69) is 5.32 Å². The minimum Gasteiger partial charge on any atom is -0.341 e. The number of alkyl halides is 6. The summed E-state index contributed by atoms with van der Waals surface area (Å²) < 4.78 is 77.8. The van der Waals surface area contributed by atoms with Crippen LogP contribution >= 0.6 is 0 Å². The fraction of sp³-hybridized carbons (Fsp3) is 0.619. The Kier molecular flexibility index (Phi) is 6.98. The summed E-state index contributed by atoms with van der Waals surface area (Å²) in [6, 6.07) is 1.09. The summed E-state index contributed by atoms with van der Waals surface area (Å²) in [5.41, 5.74) is -3.14. The summed E-state index contributed by atoms with van der Waals surface area (Å²) in [5, 5.41) is 3.15. The van der Waals surface area contributed by atoms with E-state index in [1.54, 1.807) is 4.90 Å². The highest BCUT2D eigenvalue weighted by molar-refractivity contribution is 5.83. The van der Waals surface area contributed by atoms with E-state index in [1.165, 1.54) is 0 Å². The number of piperidine rings is 1. The molecule has 31 heavy (non-hydrogen) atoms. The maximum Gasteiger partial charge on any atom is 0.416 e. The summed E-state index contributed by atoms with van der Waals surface area (Å²) in [6.45, 7) is 1.81. The molecule has 0 spiro atoms. The van der Waals surface area contributed by atoms with Crippen LogP contribution in [-0.2, 0) is 28.4 Å². The van der Waals surface area contributed by atoms with Crippen LogP contribution < -0.4 is 5.32 Å². The van der Waals surface area contributed by atoms with E-state index >= 15 is 0 Å². The van der Waals surface area contributed by atoms with Gasteiger partial charge in [0.1, 0.15) is 5.78 Å². The number of amides is 1. The quantitative estimate of drug-likeness (QED) is 0.684. The van der Waals surface area contributed by atoms with E-state index in [9.17, 15) is 35.9 Å². The Labute approximate surface area is 176 Å². The van der Waals surface area contributed by atoms with Gasteiger partial charge in [-0.1, -0.05) is 0 Å². The van der Waals surface area contributed by atoms with Gasteiger partial charge in [-0.3, -0.25) is 9.59 Å². The van der Waals surface area contributed by atoms with Gasteiger partial charge in [0.2, 0.25) is 5.91 Å². The molecule has 0 unspecified atom stereocenters. The monoisotopic (exact) mass is 450 g/mol. The number of hydrogen-bond donors (Lipinski definition) is 1. The van der Waals surface area contributed by atoms with Crippen LogP contribution in [0, 0.1) is 5.92 Å². The Morgan fingerprint density at radius 3 is 2.00 bits per heavy atom. The average Bonchev–Trinajstić information content (AvgIpc) is 3.21. The van der Waals surface area contributed by atoms with Gasteiger partial charge in [0.25, 0.3) is 0 Å². The highest BCUT2D eigenvalue weighted by atomic mass is 19.4. The molecular weight excluding hydrogens is 426 g/mol. The molecule has 1 aromatic carbocycles. The first kappa shape index (κ1) is 23.6. The minimum absolute atomic E-state index is 0.0408. The van der Waals surface area contributed by atoms with E-state index < -0.39 is 35.7 Å². The van der Waals surface area contributed by atoms with Gasteiger partial charge in [-0.05, 0) is 61.9 Å². The lowest BCUT2D eigenvalue weighted by Crippen LogP contribution is -2.47. The molecule has 172 valence electrons. The van der Waals surface area contributed by atoms with Gasteiger partial charge in [0, 0.05) is 25.9 Å². The Morgan fingerprint density at radius 1 is 0.935 bits per heavy atom. The third-order valence-electron chi connectivity index (χ3n) is 5.85. The number of halogens is 6. The Hall–Kier alpha value is -2.10. The van der Waals surface area contributed by atoms with E-state index in [0.717, 1.165) is 19.4 Å². The molecule has 1 N–H and O–H groups in total. The summed E-state index contributed by atoms with van der Waals surface area (Å²) in [5.74, 6) is -0.401. The number of nitrogens with one attached hydrogen (secondary N) is 1.